The third-order valence-electron chi connectivity index (χ3n) is 3.32. The quantitative estimate of drug-likeness (QED) is 0.856. The molecule has 0 spiro atoms. The van der Waals surface area contributed by atoms with E-state index >= 15 is 0 Å². The summed E-state index contributed by atoms with van der Waals surface area (Å²) in [5, 5.41) is 0. The number of anilines is 2. The monoisotopic (exact) mass is 308 g/mol. The fourth-order valence-corrected chi connectivity index (χ4v) is 3.62. The van der Waals surface area contributed by atoms with Gasteiger partial charge in [-0.1, -0.05) is 18.2 Å². The maximum absolute atomic E-state index is 13.3. The van der Waals surface area contributed by atoms with Gasteiger partial charge in [-0.15, -0.1) is 0 Å². The zero-order valence-electron chi connectivity index (χ0n) is 12.1. The van der Waals surface area contributed by atoms with Crippen LogP contribution in [0.2, 0.25) is 0 Å². The van der Waals surface area contributed by atoms with E-state index in [-0.39, 0.29) is 16.3 Å². The van der Waals surface area contributed by atoms with Gasteiger partial charge in [-0.25, -0.2) is 12.8 Å². The van der Waals surface area contributed by atoms with Crippen LogP contribution in [0, 0.1) is 26.6 Å². The smallest absolute Gasteiger partial charge is 0.264 e. The Hall–Kier alpha value is -2.08. The summed E-state index contributed by atoms with van der Waals surface area (Å²) in [6.45, 7) is 5.10. The molecule has 0 amide bonds. The SMILES string of the molecule is Cc1ccc(F)cc1NS(=O)(=O)c1c(C)ccc(C)c1N. The number of hydrogen-bond acceptors (Lipinski definition) is 3. The lowest BCUT2D eigenvalue weighted by Crippen LogP contribution is -2.17. The molecule has 6 heteroatoms. The summed E-state index contributed by atoms with van der Waals surface area (Å²) in [4.78, 5) is 0.0335. The van der Waals surface area contributed by atoms with Crippen LogP contribution in [0.1, 0.15) is 16.7 Å². The molecule has 0 bridgehead atoms. The predicted octanol–water partition coefficient (Wildman–Crippen LogP) is 3.13. The van der Waals surface area contributed by atoms with Crippen LogP contribution >= 0.6 is 0 Å². The Morgan fingerprint density at radius 1 is 1.00 bits per heavy atom. The minimum atomic E-state index is -3.88. The van der Waals surface area contributed by atoms with Crippen molar-refractivity contribution in [3.8, 4) is 0 Å². The number of nitrogens with one attached hydrogen (secondary N) is 1. The van der Waals surface area contributed by atoms with Crippen LogP contribution in [-0.2, 0) is 10.0 Å². The van der Waals surface area contributed by atoms with Crippen molar-refractivity contribution in [2.75, 3.05) is 10.5 Å². The molecule has 21 heavy (non-hydrogen) atoms. The molecule has 0 heterocycles. The van der Waals surface area contributed by atoms with Gasteiger partial charge in [0.15, 0.2) is 0 Å². The van der Waals surface area contributed by atoms with Crippen molar-refractivity contribution in [3.05, 3.63) is 52.8 Å². The number of benzene rings is 2. The number of aryl methyl sites for hydroxylation is 3. The van der Waals surface area contributed by atoms with Crippen LogP contribution in [0.15, 0.2) is 35.2 Å². The van der Waals surface area contributed by atoms with Gasteiger partial charge in [0.05, 0.1) is 11.4 Å². The number of sulfonamides is 1. The van der Waals surface area contributed by atoms with Crippen LogP contribution in [-0.4, -0.2) is 8.42 Å². The molecule has 112 valence electrons. The standard InChI is InChI=1S/C15H17FN2O2S/c1-9-6-7-12(16)8-13(9)18-21(19,20)15-11(3)5-4-10(2)14(15)17/h4-8,18H,17H2,1-3H3. The van der Waals surface area contributed by atoms with Crippen LogP contribution in [0.25, 0.3) is 0 Å². The number of rotatable bonds is 3. The first-order valence-electron chi connectivity index (χ1n) is 6.37. The van der Waals surface area contributed by atoms with Crippen LogP contribution in [0.4, 0.5) is 15.8 Å². The first-order valence-corrected chi connectivity index (χ1v) is 7.85. The van der Waals surface area contributed by atoms with Crippen LogP contribution in [0.3, 0.4) is 0 Å². The molecule has 0 aliphatic heterocycles. The van der Waals surface area contributed by atoms with E-state index in [0.29, 0.717) is 16.7 Å². The molecule has 2 aromatic carbocycles. The topological polar surface area (TPSA) is 72.2 Å². The molecule has 2 aromatic rings. The largest absolute Gasteiger partial charge is 0.397 e. The number of hydrogen-bond donors (Lipinski definition) is 2. The Morgan fingerprint density at radius 3 is 2.24 bits per heavy atom. The molecule has 0 radical (unpaired) electrons. The fourth-order valence-electron chi connectivity index (χ4n) is 2.06. The summed E-state index contributed by atoms with van der Waals surface area (Å²) in [5.74, 6) is -0.507. The molecule has 4 nitrogen and oxygen atoms in total. The molecule has 0 aromatic heterocycles. The lowest BCUT2D eigenvalue weighted by atomic mass is 10.1. The van der Waals surface area contributed by atoms with Gasteiger partial charge in [0.1, 0.15) is 10.7 Å². The van der Waals surface area contributed by atoms with E-state index in [0.717, 1.165) is 6.07 Å². The molecular formula is C15H17FN2O2S. The highest BCUT2D eigenvalue weighted by Crippen LogP contribution is 2.28. The number of nitrogen functional groups attached to an aromatic ring is 1. The Morgan fingerprint density at radius 2 is 1.57 bits per heavy atom. The summed E-state index contributed by atoms with van der Waals surface area (Å²) < 4.78 is 40.8. The molecule has 0 saturated heterocycles. The Labute approximate surface area is 123 Å². The predicted molar refractivity (Wildman–Crippen MR) is 82.3 cm³/mol. The van der Waals surface area contributed by atoms with Gasteiger partial charge in [0.2, 0.25) is 0 Å². The number of halogens is 1. The van der Waals surface area contributed by atoms with Gasteiger partial charge >= 0.3 is 0 Å². The lowest BCUT2D eigenvalue weighted by molar-refractivity contribution is 0.600. The van der Waals surface area contributed by atoms with Gasteiger partial charge in [0.25, 0.3) is 10.0 Å². The summed E-state index contributed by atoms with van der Waals surface area (Å²) >= 11 is 0. The van der Waals surface area contributed by atoms with Crippen molar-refractivity contribution in [2.45, 2.75) is 25.7 Å². The van der Waals surface area contributed by atoms with Crippen LogP contribution < -0.4 is 10.5 Å². The highest BCUT2D eigenvalue weighted by molar-refractivity contribution is 7.93. The van der Waals surface area contributed by atoms with Gasteiger partial charge in [-0.3, -0.25) is 4.72 Å². The van der Waals surface area contributed by atoms with Gasteiger partial charge in [-0.05, 0) is 49.6 Å². The van der Waals surface area contributed by atoms with Crippen molar-refractivity contribution < 1.29 is 12.8 Å². The van der Waals surface area contributed by atoms with Crippen molar-refractivity contribution in [1.82, 2.24) is 0 Å². The normalized spacial score (nSPS) is 11.4. The third kappa shape index (κ3) is 3.00. The first-order chi connectivity index (χ1) is 9.72. The van der Waals surface area contributed by atoms with E-state index in [1.54, 1.807) is 32.9 Å². The highest BCUT2D eigenvalue weighted by atomic mass is 32.2. The summed E-state index contributed by atoms with van der Waals surface area (Å²) in [6, 6.07) is 7.39. The molecule has 0 aliphatic carbocycles. The zero-order valence-corrected chi connectivity index (χ0v) is 12.9. The van der Waals surface area contributed by atoms with E-state index in [1.165, 1.54) is 12.1 Å². The first kappa shape index (κ1) is 15.3. The minimum Gasteiger partial charge on any atom is -0.397 e. The summed E-state index contributed by atoms with van der Waals surface area (Å²) in [5.41, 5.74) is 8.15. The van der Waals surface area contributed by atoms with Crippen molar-refractivity contribution in [1.29, 1.82) is 0 Å². The van der Waals surface area contributed by atoms with Crippen molar-refractivity contribution in [2.24, 2.45) is 0 Å². The van der Waals surface area contributed by atoms with E-state index in [1.807, 2.05) is 0 Å². The van der Waals surface area contributed by atoms with Gasteiger partial charge in [-0.2, -0.15) is 0 Å². The van der Waals surface area contributed by atoms with E-state index in [4.69, 9.17) is 5.73 Å². The van der Waals surface area contributed by atoms with E-state index < -0.39 is 15.8 Å². The van der Waals surface area contributed by atoms with E-state index in [2.05, 4.69) is 4.72 Å². The molecule has 0 saturated carbocycles. The maximum Gasteiger partial charge on any atom is 0.264 e. The van der Waals surface area contributed by atoms with Gasteiger partial charge in [0, 0.05) is 0 Å². The van der Waals surface area contributed by atoms with E-state index in [9.17, 15) is 12.8 Å². The highest BCUT2D eigenvalue weighted by Gasteiger charge is 2.22. The molecule has 0 unspecified atom stereocenters. The molecular weight excluding hydrogens is 291 g/mol. The Bertz CT molecular complexity index is 802. The average molecular weight is 308 g/mol. The molecule has 2 rings (SSSR count). The summed E-state index contributed by atoms with van der Waals surface area (Å²) in [6.07, 6.45) is 0. The average Bonchev–Trinajstić information content (AvgIpc) is 2.38. The van der Waals surface area contributed by atoms with Crippen molar-refractivity contribution in [3.63, 3.8) is 0 Å². The second-order valence-corrected chi connectivity index (χ2v) is 6.63. The molecule has 0 atom stereocenters. The lowest BCUT2D eigenvalue weighted by Gasteiger charge is -2.15. The third-order valence-corrected chi connectivity index (χ3v) is 4.89. The second kappa shape index (κ2) is 5.37. The zero-order chi connectivity index (χ0) is 15.8. The summed E-state index contributed by atoms with van der Waals surface area (Å²) in [7, 11) is -3.88. The van der Waals surface area contributed by atoms with Gasteiger partial charge < -0.3 is 5.73 Å². The van der Waals surface area contributed by atoms with Crippen LogP contribution in [0.5, 0.6) is 0 Å². The number of nitrogens with two attached hydrogens (primary N) is 1. The Kier molecular flexibility index (Phi) is 3.91. The maximum atomic E-state index is 13.3. The molecule has 3 N–H and O–H groups in total. The Balaban J connectivity index is 2.54. The second-order valence-electron chi connectivity index (χ2n) is 5.01. The molecule has 0 fully saturated rings. The molecule has 0 aliphatic rings. The minimum absolute atomic E-state index is 0.0335. The van der Waals surface area contributed by atoms with Crippen molar-refractivity contribution >= 4 is 21.4 Å². The fraction of sp³-hybridized carbons (Fsp3) is 0.200.